The first kappa shape index (κ1) is 7.02. The first-order chi connectivity index (χ1) is 4.02. The van der Waals surface area contributed by atoms with Gasteiger partial charge in [-0.1, -0.05) is 0 Å². The molecule has 0 aromatic rings. The third-order valence-corrected chi connectivity index (χ3v) is 4.11. The molecule has 0 aromatic carbocycles. The van der Waals surface area contributed by atoms with E-state index < -0.39 is 14.8 Å². The zero-order valence-corrected chi connectivity index (χ0v) is 6.46. The zero-order valence-electron chi connectivity index (χ0n) is 5.64. The van der Waals surface area contributed by atoms with Gasteiger partial charge in [-0.2, -0.15) is 0 Å². The zero-order chi connectivity index (χ0) is 7.12. The van der Waals surface area contributed by atoms with Crippen molar-refractivity contribution in [3.05, 3.63) is 0 Å². The first-order valence-electron chi connectivity index (χ1n) is 2.95. The molecule has 0 amide bonds. The highest BCUT2D eigenvalue weighted by atomic mass is 32.2. The summed E-state index contributed by atoms with van der Waals surface area (Å²) in [6.07, 6.45) is 1.60. The van der Waals surface area contributed by atoms with Crippen LogP contribution in [0.2, 0.25) is 0 Å². The monoisotopic (exact) mass is 149 g/mol. The van der Waals surface area contributed by atoms with Gasteiger partial charge in [0.15, 0.2) is 0 Å². The highest BCUT2D eigenvalue weighted by Gasteiger charge is 2.49. The molecule has 1 N–H and O–H groups in total. The summed E-state index contributed by atoms with van der Waals surface area (Å²) in [5.74, 6) is 0. The molecule has 0 saturated heterocycles. The number of hydrogen-bond acceptors (Lipinski definition) is 2. The molecule has 0 spiro atoms. The molecule has 9 heavy (non-hydrogen) atoms. The van der Waals surface area contributed by atoms with E-state index in [1.165, 1.54) is 7.05 Å². The molecule has 0 radical (unpaired) electrons. The Balaban J connectivity index is 2.84. The summed E-state index contributed by atoms with van der Waals surface area (Å²) in [7, 11) is -1.52. The van der Waals surface area contributed by atoms with Gasteiger partial charge in [0.2, 0.25) is 10.0 Å². The molecule has 4 heteroatoms. The summed E-state index contributed by atoms with van der Waals surface area (Å²) in [5, 5.41) is 0. The Morgan fingerprint density at radius 2 is 1.89 bits per heavy atom. The lowest BCUT2D eigenvalue weighted by atomic mass is 10.5. The summed E-state index contributed by atoms with van der Waals surface area (Å²) >= 11 is 0. The van der Waals surface area contributed by atoms with Gasteiger partial charge in [-0.05, 0) is 26.8 Å². The van der Waals surface area contributed by atoms with Gasteiger partial charge in [-0.25, -0.2) is 13.1 Å². The van der Waals surface area contributed by atoms with Crippen LogP contribution in [0.1, 0.15) is 19.8 Å². The van der Waals surface area contributed by atoms with E-state index in [9.17, 15) is 8.42 Å². The molecule has 1 saturated carbocycles. The summed E-state index contributed by atoms with van der Waals surface area (Å²) in [6.45, 7) is 1.76. The fourth-order valence-corrected chi connectivity index (χ4v) is 1.82. The highest BCUT2D eigenvalue weighted by molar-refractivity contribution is 7.91. The minimum absolute atomic E-state index is 0.443. The quantitative estimate of drug-likeness (QED) is 0.604. The largest absolute Gasteiger partial charge is 0.218 e. The SMILES string of the molecule is CNS(=O)(=O)C1(C)CC1. The van der Waals surface area contributed by atoms with Gasteiger partial charge >= 0.3 is 0 Å². The third kappa shape index (κ3) is 0.966. The van der Waals surface area contributed by atoms with Crippen LogP contribution in [0.4, 0.5) is 0 Å². The second-order valence-electron chi connectivity index (χ2n) is 2.66. The van der Waals surface area contributed by atoms with E-state index in [1.807, 2.05) is 0 Å². The van der Waals surface area contributed by atoms with Gasteiger partial charge in [0.25, 0.3) is 0 Å². The molecule has 1 aliphatic rings. The Labute approximate surface area is 55.5 Å². The molecule has 54 valence electrons. The molecule has 0 bridgehead atoms. The molecule has 3 nitrogen and oxygen atoms in total. The molecule has 0 unspecified atom stereocenters. The molecule has 1 fully saturated rings. The van der Waals surface area contributed by atoms with Crippen LogP contribution < -0.4 is 4.72 Å². The van der Waals surface area contributed by atoms with Gasteiger partial charge in [0, 0.05) is 0 Å². The van der Waals surface area contributed by atoms with Crippen molar-refractivity contribution in [2.24, 2.45) is 0 Å². The van der Waals surface area contributed by atoms with Crippen LogP contribution in [-0.4, -0.2) is 20.2 Å². The molecule has 0 aliphatic heterocycles. The Hall–Kier alpha value is -0.0900. The minimum atomic E-state index is -2.97. The van der Waals surface area contributed by atoms with Gasteiger partial charge in [-0.15, -0.1) is 0 Å². The highest BCUT2D eigenvalue weighted by Crippen LogP contribution is 2.41. The predicted octanol–water partition coefficient (Wildman–Crippen LogP) is 0.0881. The standard InChI is InChI=1S/C5H11NO2S/c1-5(3-4-5)9(7,8)6-2/h6H,3-4H2,1-2H3. The smallest absolute Gasteiger partial charge is 0.216 e. The topological polar surface area (TPSA) is 46.2 Å². The average Bonchev–Trinajstić information content (AvgIpc) is 2.49. The fourth-order valence-electron chi connectivity index (χ4n) is 0.691. The van der Waals surface area contributed by atoms with E-state index in [4.69, 9.17) is 0 Å². The van der Waals surface area contributed by atoms with E-state index >= 15 is 0 Å². The fraction of sp³-hybridized carbons (Fsp3) is 1.00. The van der Waals surface area contributed by atoms with Crippen molar-refractivity contribution in [1.82, 2.24) is 4.72 Å². The van der Waals surface area contributed by atoms with Crippen molar-refractivity contribution in [1.29, 1.82) is 0 Å². The normalized spacial score (nSPS) is 23.8. The maximum Gasteiger partial charge on any atom is 0.216 e. The van der Waals surface area contributed by atoms with E-state index in [0.717, 1.165) is 12.8 Å². The maximum atomic E-state index is 11.0. The van der Waals surface area contributed by atoms with Crippen LogP contribution in [-0.2, 0) is 10.0 Å². The summed E-state index contributed by atoms with van der Waals surface area (Å²) in [4.78, 5) is 0. The van der Waals surface area contributed by atoms with Crippen molar-refractivity contribution in [2.75, 3.05) is 7.05 Å². The van der Waals surface area contributed by atoms with Crippen molar-refractivity contribution in [3.63, 3.8) is 0 Å². The third-order valence-electron chi connectivity index (χ3n) is 1.87. The Kier molecular flexibility index (Phi) is 1.33. The Morgan fingerprint density at radius 1 is 1.44 bits per heavy atom. The van der Waals surface area contributed by atoms with Crippen LogP contribution >= 0.6 is 0 Å². The molecular weight excluding hydrogens is 138 g/mol. The van der Waals surface area contributed by atoms with Crippen LogP contribution in [0.15, 0.2) is 0 Å². The number of rotatable bonds is 2. The second-order valence-corrected chi connectivity index (χ2v) is 5.06. The van der Waals surface area contributed by atoms with Gasteiger partial charge in [0.1, 0.15) is 0 Å². The van der Waals surface area contributed by atoms with E-state index in [0.29, 0.717) is 0 Å². The molecule has 0 atom stereocenters. The first-order valence-corrected chi connectivity index (χ1v) is 4.43. The van der Waals surface area contributed by atoms with Gasteiger partial charge < -0.3 is 0 Å². The van der Waals surface area contributed by atoms with Crippen molar-refractivity contribution >= 4 is 10.0 Å². The molecular formula is C5H11NO2S. The molecule has 1 aliphatic carbocycles. The number of sulfonamides is 1. The Morgan fingerprint density at radius 3 is 2.00 bits per heavy atom. The van der Waals surface area contributed by atoms with E-state index in [1.54, 1.807) is 6.92 Å². The van der Waals surface area contributed by atoms with Gasteiger partial charge in [0.05, 0.1) is 4.75 Å². The minimum Gasteiger partial charge on any atom is -0.218 e. The molecule has 0 aromatic heterocycles. The maximum absolute atomic E-state index is 11.0. The van der Waals surface area contributed by atoms with Crippen LogP contribution in [0, 0.1) is 0 Å². The van der Waals surface area contributed by atoms with Crippen LogP contribution in [0.3, 0.4) is 0 Å². The predicted molar refractivity (Wildman–Crippen MR) is 35.6 cm³/mol. The van der Waals surface area contributed by atoms with E-state index in [-0.39, 0.29) is 0 Å². The summed E-state index contributed by atoms with van der Waals surface area (Å²) in [5.41, 5.74) is 0. The lowest BCUT2D eigenvalue weighted by Crippen LogP contribution is -2.30. The second kappa shape index (κ2) is 1.70. The van der Waals surface area contributed by atoms with Crippen molar-refractivity contribution in [2.45, 2.75) is 24.5 Å². The van der Waals surface area contributed by atoms with Crippen LogP contribution in [0.25, 0.3) is 0 Å². The number of nitrogens with one attached hydrogen (secondary N) is 1. The number of hydrogen-bond donors (Lipinski definition) is 1. The Bertz CT molecular complexity index is 203. The van der Waals surface area contributed by atoms with Crippen molar-refractivity contribution in [3.8, 4) is 0 Å². The van der Waals surface area contributed by atoms with Gasteiger partial charge in [-0.3, -0.25) is 0 Å². The van der Waals surface area contributed by atoms with E-state index in [2.05, 4.69) is 4.72 Å². The lowest BCUT2D eigenvalue weighted by Gasteiger charge is -2.06. The molecule has 0 heterocycles. The van der Waals surface area contributed by atoms with Crippen LogP contribution in [0.5, 0.6) is 0 Å². The lowest BCUT2D eigenvalue weighted by molar-refractivity contribution is 0.573. The molecule has 1 rings (SSSR count). The summed E-state index contributed by atoms with van der Waals surface area (Å²) in [6, 6.07) is 0. The summed E-state index contributed by atoms with van der Waals surface area (Å²) < 4.78 is 23.8. The van der Waals surface area contributed by atoms with Crippen molar-refractivity contribution < 1.29 is 8.42 Å². The average molecular weight is 149 g/mol.